The van der Waals surface area contributed by atoms with Crippen molar-refractivity contribution in [2.45, 2.75) is 37.4 Å². The number of carbonyl (C=O) groups excluding carboxylic acids is 1. The van der Waals surface area contributed by atoms with Gasteiger partial charge in [-0.3, -0.25) is 4.79 Å². The van der Waals surface area contributed by atoms with E-state index in [0.717, 1.165) is 12.8 Å². The first-order chi connectivity index (χ1) is 6.17. The molecule has 1 saturated carbocycles. The lowest BCUT2D eigenvalue weighted by Gasteiger charge is -2.22. The highest BCUT2D eigenvalue weighted by Crippen LogP contribution is 2.42. The maximum Gasteiger partial charge on any atom is 0.261 e. The van der Waals surface area contributed by atoms with Gasteiger partial charge in [-0.15, -0.1) is 6.42 Å². The number of hydrogen-bond acceptors (Lipinski definition) is 1. The summed E-state index contributed by atoms with van der Waals surface area (Å²) in [6.45, 7) is 0.624. The lowest BCUT2D eigenvalue weighted by Crippen LogP contribution is -2.41. The summed E-state index contributed by atoms with van der Waals surface area (Å²) in [5, 5.41) is 0. The Kier molecular flexibility index (Phi) is 1.80. The second kappa shape index (κ2) is 2.73. The van der Waals surface area contributed by atoms with Crippen molar-refractivity contribution in [3.63, 3.8) is 0 Å². The smallest absolute Gasteiger partial charge is 0.261 e. The van der Waals surface area contributed by atoms with E-state index in [-0.39, 0.29) is 11.9 Å². The van der Waals surface area contributed by atoms with E-state index in [4.69, 9.17) is 6.42 Å². The monoisotopic (exact) mass is 181 g/mol. The molecule has 1 heterocycles. The summed E-state index contributed by atoms with van der Waals surface area (Å²) in [4.78, 5) is 13.1. The largest absolute Gasteiger partial charge is 0.326 e. The summed E-state index contributed by atoms with van der Waals surface area (Å²) >= 11 is 0. The molecule has 1 amide bonds. The molecule has 0 spiro atoms. The predicted octanol–water partition coefficient (Wildman–Crippen LogP) is 1.11. The molecule has 0 aromatic rings. The fraction of sp³-hybridized carbons (Fsp3) is 0.700. The highest BCUT2D eigenvalue weighted by molar-refractivity contribution is 5.88. The molecule has 0 aromatic heterocycles. The minimum absolute atomic E-state index is 0.166. The molecule has 1 aliphatic carbocycles. The second-order valence-electron chi connectivity index (χ2n) is 3.79. The van der Waals surface area contributed by atoms with Crippen molar-refractivity contribution in [1.82, 2.24) is 4.90 Å². The van der Waals surface area contributed by atoms with Gasteiger partial charge < -0.3 is 4.90 Å². The molecule has 13 heavy (non-hydrogen) atoms. The van der Waals surface area contributed by atoms with Crippen LogP contribution in [0.1, 0.15) is 25.7 Å². The van der Waals surface area contributed by atoms with E-state index in [1.54, 1.807) is 0 Å². The van der Waals surface area contributed by atoms with Crippen LogP contribution in [0.4, 0.5) is 4.39 Å². The predicted molar refractivity (Wildman–Crippen MR) is 46.6 cm³/mol. The molecule has 70 valence electrons. The molecule has 1 atom stereocenters. The van der Waals surface area contributed by atoms with Crippen LogP contribution in [0, 0.1) is 12.3 Å². The van der Waals surface area contributed by atoms with Gasteiger partial charge in [-0.1, -0.05) is 5.92 Å². The van der Waals surface area contributed by atoms with Gasteiger partial charge in [-0.05, 0) is 25.7 Å². The van der Waals surface area contributed by atoms with Gasteiger partial charge in [-0.25, -0.2) is 4.39 Å². The quantitative estimate of drug-likeness (QED) is 0.555. The number of likely N-dealkylation sites (tertiary alicyclic amines) is 1. The van der Waals surface area contributed by atoms with Crippen molar-refractivity contribution in [3.8, 4) is 12.3 Å². The van der Waals surface area contributed by atoms with E-state index in [2.05, 4.69) is 5.92 Å². The molecule has 0 aromatic carbocycles. The first-order valence-corrected chi connectivity index (χ1v) is 4.63. The number of nitrogens with zero attached hydrogens (tertiary/aromatic N) is 1. The number of alkyl halides is 1. The molecule has 0 N–H and O–H groups in total. The average Bonchev–Trinajstić information content (AvgIpc) is 2.71. The Bertz CT molecular complexity index is 277. The lowest BCUT2D eigenvalue weighted by molar-refractivity contribution is -0.138. The summed E-state index contributed by atoms with van der Waals surface area (Å²) in [5.74, 6) is 2.15. The molecule has 2 aliphatic rings. The Morgan fingerprint density at radius 3 is 2.85 bits per heavy atom. The average molecular weight is 181 g/mol. The van der Waals surface area contributed by atoms with E-state index in [1.807, 2.05) is 0 Å². The Labute approximate surface area is 77.1 Å². The Hall–Kier alpha value is -1.04. The Morgan fingerprint density at radius 1 is 1.62 bits per heavy atom. The highest BCUT2D eigenvalue weighted by Gasteiger charge is 2.54. The summed E-state index contributed by atoms with van der Waals surface area (Å²) in [6, 6.07) is -0.166. The molecule has 1 aliphatic heterocycles. The van der Waals surface area contributed by atoms with E-state index >= 15 is 0 Å². The maximum absolute atomic E-state index is 13.4. The molecule has 2 fully saturated rings. The first-order valence-electron chi connectivity index (χ1n) is 4.63. The van der Waals surface area contributed by atoms with Crippen molar-refractivity contribution >= 4 is 5.91 Å². The van der Waals surface area contributed by atoms with Gasteiger partial charge in [0.2, 0.25) is 0 Å². The summed E-state index contributed by atoms with van der Waals surface area (Å²) in [7, 11) is 0. The molecular formula is C10H12FNO. The van der Waals surface area contributed by atoms with Crippen LogP contribution in [0.25, 0.3) is 0 Å². The lowest BCUT2D eigenvalue weighted by atomic mass is 10.2. The van der Waals surface area contributed by atoms with Crippen molar-refractivity contribution in [2.75, 3.05) is 6.54 Å². The number of rotatable bonds is 1. The van der Waals surface area contributed by atoms with Gasteiger partial charge in [0.25, 0.3) is 5.91 Å². The van der Waals surface area contributed by atoms with Crippen LogP contribution in [0.3, 0.4) is 0 Å². The van der Waals surface area contributed by atoms with Crippen LogP contribution in [-0.2, 0) is 4.79 Å². The zero-order chi connectivity index (χ0) is 9.47. The normalized spacial score (nSPS) is 29.8. The van der Waals surface area contributed by atoms with Crippen LogP contribution in [0.2, 0.25) is 0 Å². The van der Waals surface area contributed by atoms with Crippen molar-refractivity contribution in [2.24, 2.45) is 0 Å². The first kappa shape index (κ1) is 8.55. The number of hydrogen-bond donors (Lipinski definition) is 0. The van der Waals surface area contributed by atoms with E-state index in [1.165, 1.54) is 4.90 Å². The summed E-state index contributed by atoms with van der Waals surface area (Å²) in [5.41, 5.74) is -1.56. The van der Waals surface area contributed by atoms with Gasteiger partial charge >= 0.3 is 0 Å². The zero-order valence-corrected chi connectivity index (χ0v) is 7.42. The SMILES string of the molecule is C#CC1CCCN1C(=O)C1(F)CC1. The fourth-order valence-electron chi connectivity index (χ4n) is 1.76. The standard InChI is InChI=1S/C10H12FNO/c1-2-8-4-3-7-12(8)9(13)10(11)5-6-10/h1,8H,3-7H2. The molecule has 3 heteroatoms. The van der Waals surface area contributed by atoms with E-state index in [9.17, 15) is 9.18 Å². The number of carbonyl (C=O) groups is 1. The summed E-state index contributed by atoms with van der Waals surface area (Å²) < 4.78 is 13.4. The van der Waals surface area contributed by atoms with Crippen molar-refractivity contribution in [3.05, 3.63) is 0 Å². The number of halogens is 1. The van der Waals surface area contributed by atoms with Gasteiger partial charge in [0.15, 0.2) is 5.67 Å². The van der Waals surface area contributed by atoms with Gasteiger partial charge in [0.05, 0.1) is 6.04 Å². The Balaban J connectivity index is 2.08. The maximum atomic E-state index is 13.4. The molecule has 1 unspecified atom stereocenters. The van der Waals surface area contributed by atoms with Crippen LogP contribution in [0.15, 0.2) is 0 Å². The molecule has 1 saturated heterocycles. The minimum Gasteiger partial charge on any atom is -0.326 e. The topological polar surface area (TPSA) is 20.3 Å². The minimum atomic E-state index is -1.56. The van der Waals surface area contributed by atoms with Crippen molar-refractivity contribution in [1.29, 1.82) is 0 Å². The number of terminal acetylenes is 1. The fourth-order valence-corrected chi connectivity index (χ4v) is 1.76. The molecule has 2 rings (SSSR count). The van der Waals surface area contributed by atoms with E-state index in [0.29, 0.717) is 19.4 Å². The van der Waals surface area contributed by atoms with Gasteiger partial charge in [-0.2, -0.15) is 0 Å². The van der Waals surface area contributed by atoms with Crippen molar-refractivity contribution < 1.29 is 9.18 Å². The third-order valence-corrected chi connectivity index (χ3v) is 2.78. The van der Waals surface area contributed by atoms with E-state index < -0.39 is 5.67 Å². The van der Waals surface area contributed by atoms with Crippen LogP contribution in [-0.4, -0.2) is 29.1 Å². The molecule has 2 nitrogen and oxygen atoms in total. The zero-order valence-electron chi connectivity index (χ0n) is 7.42. The molecule has 0 bridgehead atoms. The third-order valence-electron chi connectivity index (χ3n) is 2.78. The van der Waals surface area contributed by atoms with Gasteiger partial charge in [0, 0.05) is 6.54 Å². The van der Waals surface area contributed by atoms with Crippen LogP contribution >= 0.6 is 0 Å². The van der Waals surface area contributed by atoms with Gasteiger partial charge in [0.1, 0.15) is 0 Å². The Morgan fingerprint density at radius 2 is 2.31 bits per heavy atom. The summed E-state index contributed by atoms with van der Waals surface area (Å²) in [6.07, 6.45) is 7.73. The second-order valence-corrected chi connectivity index (χ2v) is 3.79. The molecular weight excluding hydrogens is 169 g/mol. The molecule has 0 radical (unpaired) electrons. The highest BCUT2D eigenvalue weighted by atomic mass is 19.1. The third kappa shape index (κ3) is 1.31. The number of amides is 1. The van der Waals surface area contributed by atoms with Crippen LogP contribution in [0.5, 0.6) is 0 Å². The van der Waals surface area contributed by atoms with Crippen LogP contribution < -0.4 is 0 Å².